The van der Waals surface area contributed by atoms with Gasteiger partial charge in [0.25, 0.3) is 5.91 Å². The highest BCUT2D eigenvalue weighted by Crippen LogP contribution is 2.29. The second-order valence-corrected chi connectivity index (χ2v) is 7.51. The van der Waals surface area contributed by atoms with E-state index in [4.69, 9.17) is 16.0 Å². The van der Waals surface area contributed by atoms with Gasteiger partial charge in [-0.25, -0.2) is 4.39 Å². The molecule has 0 saturated carbocycles. The van der Waals surface area contributed by atoms with Crippen molar-refractivity contribution in [2.45, 2.75) is 6.42 Å². The van der Waals surface area contributed by atoms with Crippen LogP contribution in [0.25, 0.3) is 0 Å². The Morgan fingerprint density at radius 2 is 1.83 bits per heavy atom. The fourth-order valence-corrected chi connectivity index (χ4v) is 3.89. The quantitative estimate of drug-likeness (QED) is 0.765. The molecule has 7 nitrogen and oxygen atoms in total. The molecule has 2 aliphatic rings. The van der Waals surface area contributed by atoms with Gasteiger partial charge < -0.3 is 19.1 Å². The van der Waals surface area contributed by atoms with E-state index >= 15 is 0 Å². The van der Waals surface area contributed by atoms with Crippen molar-refractivity contribution in [2.75, 3.05) is 37.6 Å². The average Bonchev–Trinajstić information content (AvgIpc) is 3.39. The van der Waals surface area contributed by atoms with E-state index in [-0.39, 0.29) is 41.5 Å². The summed E-state index contributed by atoms with van der Waals surface area (Å²) in [7, 11) is 0. The van der Waals surface area contributed by atoms with Gasteiger partial charge in [-0.2, -0.15) is 0 Å². The number of amides is 3. The lowest BCUT2D eigenvalue weighted by Gasteiger charge is -2.35. The van der Waals surface area contributed by atoms with Gasteiger partial charge in [-0.05, 0) is 30.3 Å². The molecule has 0 bridgehead atoms. The lowest BCUT2D eigenvalue weighted by Crippen LogP contribution is -2.52. The number of halogens is 2. The lowest BCUT2D eigenvalue weighted by molar-refractivity contribution is -0.137. The molecule has 1 aromatic heterocycles. The second-order valence-electron chi connectivity index (χ2n) is 7.10. The standard InChI is InChI=1S/C20H19ClFN3O4/c21-15-11-14(3-4-16(15)22)25-12-13(10-18(25)26)19(27)23-5-7-24(8-6-23)20(28)17-2-1-9-29-17/h1-4,9,11,13H,5-8,10,12H2/t13-/m1/s1. The van der Waals surface area contributed by atoms with Gasteiger partial charge in [-0.15, -0.1) is 0 Å². The van der Waals surface area contributed by atoms with Crippen LogP contribution in [0.3, 0.4) is 0 Å². The Hall–Kier alpha value is -2.87. The van der Waals surface area contributed by atoms with Gasteiger partial charge in [0, 0.05) is 44.8 Å². The first-order valence-electron chi connectivity index (χ1n) is 9.31. The smallest absolute Gasteiger partial charge is 0.289 e. The van der Waals surface area contributed by atoms with Gasteiger partial charge >= 0.3 is 0 Å². The topological polar surface area (TPSA) is 74.1 Å². The average molecular weight is 420 g/mol. The van der Waals surface area contributed by atoms with Crippen LogP contribution >= 0.6 is 11.6 Å². The number of piperazine rings is 1. The van der Waals surface area contributed by atoms with Crippen LogP contribution in [0.1, 0.15) is 17.0 Å². The molecule has 3 heterocycles. The minimum absolute atomic E-state index is 0.0672. The van der Waals surface area contributed by atoms with E-state index in [2.05, 4.69) is 0 Å². The predicted molar refractivity (Wildman–Crippen MR) is 103 cm³/mol. The van der Waals surface area contributed by atoms with Gasteiger partial charge in [-0.3, -0.25) is 14.4 Å². The number of nitrogens with zero attached hydrogens (tertiary/aromatic N) is 3. The van der Waals surface area contributed by atoms with Gasteiger partial charge in [0.2, 0.25) is 11.8 Å². The van der Waals surface area contributed by atoms with Crippen molar-refractivity contribution in [3.63, 3.8) is 0 Å². The molecule has 9 heteroatoms. The molecule has 2 saturated heterocycles. The molecule has 2 fully saturated rings. The molecule has 1 atom stereocenters. The summed E-state index contributed by atoms with van der Waals surface area (Å²) in [6.45, 7) is 1.84. The molecule has 0 N–H and O–H groups in total. The first-order valence-corrected chi connectivity index (χ1v) is 9.69. The summed E-state index contributed by atoms with van der Waals surface area (Å²) in [6.07, 6.45) is 1.55. The maximum absolute atomic E-state index is 13.4. The van der Waals surface area contributed by atoms with Crippen LogP contribution in [0.2, 0.25) is 5.02 Å². The Morgan fingerprint density at radius 3 is 2.48 bits per heavy atom. The fraction of sp³-hybridized carbons (Fsp3) is 0.350. The van der Waals surface area contributed by atoms with E-state index in [1.165, 1.54) is 29.4 Å². The third-order valence-electron chi connectivity index (χ3n) is 5.30. The maximum Gasteiger partial charge on any atom is 0.289 e. The molecular weight excluding hydrogens is 401 g/mol. The molecule has 152 valence electrons. The highest BCUT2D eigenvalue weighted by atomic mass is 35.5. The summed E-state index contributed by atoms with van der Waals surface area (Å²) in [4.78, 5) is 42.4. The van der Waals surface area contributed by atoms with Crippen molar-refractivity contribution in [2.24, 2.45) is 5.92 Å². The van der Waals surface area contributed by atoms with E-state index in [1.54, 1.807) is 21.9 Å². The molecule has 2 aliphatic heterocycles. The first-order chi connectivity index (χ1) is 13.9. The molecular formula is C20H19ClFN3O4. The molecule has 0 unspecified atom stereocenters. The molecule has 1 aromatic carbocycles. The van der Waals surface area contributed by atoms with E-state index in [0.717, 1.165) is 0 Å². The summed E-state index contributed by atoms with van der Waals surface area (Å²) < 4.78 is 18.5. The van der Waals surface area contributed by atoms with E-state index in [9.17, 15) is 18.8 Å². The Kier molecular flexibility index (Phi) is 5.27. The number of hydrogen-bond donors (Lipinski definition) is 0. The molecule has 2 aromatic rings. The van der Waals surface area contributed by atoms with Crippen LogP contribution in [0.15, 0.2) is 41.0 Å². The van der Waals surface area contributed by atoms with Crippen molar-refractivity contribution in [3.8, 4) is 0 Å². The Morgan fingerprint density at radius 1 is 1.10 bits per heavy atom. The highest BCUT2D eigenvalue weighted by molar-refractivity contribution is 6.31. The minimum atomic E-state index is -0.559. The summed E-state index contributed by atoms with van der Waals surface area (Å²) >= 11 is 5.81. The Bertz CT molecular complexity index is 941. The summed E-state index contributed by atoms with van der Waals surface area (Å²) in [5.74, 6) is -1.26. The predicted octanol–water partition coefficient (Wildman–Crippen LogP) is 2.41. The number of rotatable bonds is 3. The zero-order chi connectivity index (χ0) is 20.5. The third kappa shape index (κ3) is 3.85. The summed E-state index contributed by atoms with van der Waals surface area (Å²) in [5, 5.41) is -0.0672. The molecule has 3 amide bonds. The van der Waals surface area contributed by atoms with Crippen LogP contribution in [0.4, 0.5) is 10.1 Å². The first kappa shape index (κ1) is 19.4. The van der Waals surface area contributed by atoms with Crippen LogP contribution in [-0.4, -0.2) is 60.2 Å². The van der Waals surface area contributed by atoms with Crippen LogP contribution in [0, 0.1) is 11.7 Å². The zero-order valence-corrected chi connectivity index (χ0v) is 16.3. The van der Waals surface area contributed by atoms with Gasteiger partial charge in [-0.1, -0.05) is 11.6 Å². The third-order valence-corrected chi connectivity index (χ3v) is 5.59. The van der Waals surface area contributed by atoms with Crippen molar-refractivity contribution >= 4 is 35.0 Å². The van der Waals surface area contributed by atoms with Crippen molar-refractivity contribution in [1.29, 1.82) is 0 Å². The number of furan rings is 1. The van der Waals surface area contributed by atoms with Crippen LogP contribution in [-0.2, 0) is 9.59 Å². The molecule has 0 spiro atoms. The van der Waals surface area contributed by atoms with E-state index in [1.807, 2.05) is 0 Å². The van der Waals surface area contributed by atoms with Crippen LogP contribution < -0.4 is 4.90 Å². The molecule has 0 radical (unpaired) electrons. The Balaban J connectivity index is 1.36. The number of anilines is 1. The number of benzene rings is 1. The van der Waals surface area contributed by atoms with Crippen molar-refractivity contribution < 1.29 is 23.2 Å². The number of carbonyl (C=O) groups excluding carboxylic acids is 3. The number of carbonyl (C=O) groups is 3. The van der Waals surface area contributed by atoms with Crippen molar-refractivity contribution in [1.82, 2.24) is 9.80 Å². The van der Waals surface area contributed by atoms with E-state index in [0.29, 0.717) is 31.9 Å². The molecule has 4 rings (SSSR count). The van der Waals surface area contributed by atoms with Gasteiger partial charge in [0.05, 0.1) is 17.2 Å². The summed E-state index contributed by atoms with van der Waals surface area (Å²) in [5.41, 5.74) is 0.477. The fourth-order valence-electron chi connectivity index (χ4n) is 3.72. The Labute approximate surface area is 171 Å². The van der Waals surface area contributed by atoms with Crippen molar-refractivity contribution in [3.05, 3.63) is 53.2 Å². The number of hydrogen-bond acceptors (Lipinski definition) is 4. The summed E-state index contributed by atoms with van der Waals surface area (Å²) in [6, 6.07) is 7.34. The maximum atomic E-state index is 13.4. The lowest BCUT2D eigenvalue weighted by atomic mass is 10.1. The molecule has 29 heavy (non-hydrogen) atoms. The van der Waals surface area contributed by atoms with Gasteiger partial charge in [0.1, 0.15) is 5.82 Å². The van der Waals surface area contributed by atoms with E-state index < -0.39 is 11.7 Å². The van der Waals surface area contributed by atoms with Gasteiger partial charge in [0.15, 0.2) is 5.76 Å². The minimum Gasteiger partial charge on any atom is -0.459 e. The molecule has 0 aliphatic carbocycles. The highest BCUT2D eigenvalue weighted by Gasteiger charge is 2.38. The zero-order valence-electron chi connectivity index (χ0n) is 15.5. The monoisotopic (exact) mass is 419 g/mol. The van der Waals surface area contributed by atoms with Crippen LogP contribution in [0.5, 0.6) is 0 Å². The normalized spacial score (nSPS) is 19.7. The largest absolute Gasteiger partial charge is 0.459 e. The SMILES string of the molecule is O=C(c1ccco1)N1CCN(C(=O)[C@@H]2CC(=O)N(c3ccc(F)c(Cl)c3)C2)CC1. The second kappa shape index (κ2) is 7.87.